The van der Waals surface area contributed by atoms with Crippen molar-refractivity contribution in [3.05, 3.63) is 23.2 Å². The zero-order valence-corrected chi connectivity index (χ0v) is 11.4. The summed E-state index contributed by atoms with van der Waals surface area (Å²) >= 11 is 5.95. The molecule has 1 aromatic rings. The molecule has 0 saturated heterocycles. The van der Waals surface area contributed by atoms with Crippen LogP contribution in [0, 0.1) is 0 Å². The number of nitrogens with one attached hydrogen (secondary N) is 1. The van der Waals surface area contributed by atoms with E-state index in [0.717, 1.165) is 4.90 Å². The van der Waals surface area contributed by atoms with Gasteiger partial charge in [-0.15, -0.1) is 0 Å². The highest BCUT2D eigenvalue weighted by atomic mass is 35.5. The average Bonchev–Trinajstić information content (AvgIpc) is 2.38. The van der Waals surface area contributed by atoms with Crippen molar-refractivity contribution < 1.29 is 19.4 Å². The van der Waals surface area contributed by atoms with Crippen LogP contribution in [-0.4, -0.2) is 42.2 Å². The maximum Gasteiger partial charge on any atom is 0.323 e. The van der Waals surface area contributed by atoms with Crippen molar-refractivity contribution in [2.45, 2.75) is 6.92 Å². The molecule has 0 aliphatic rings. The Kier molecular flexibility index (Phi) is 5.44. The molecule has 2 amide bonds. The molecule has 2 N–H and O–H groups in total. The van der Waals surface area contributed by atoms with E-state index in [2.05, 4.69) is 5.32 Å². The maximum atomic E-state index is 11.9. The molecule has 0 saturated carbocycles. The summed E-state index contributed by atoms with van der Waals surface area (Å²) in [5.41, 5.74) is 0.370. The van der Waals surface area contributed by atoms with Crippen LogP contribution in [0.25, 0.3) is 0 Å². The summed E-state index contributed by atoms with van der Waals surface area (Å²) in [5.74, 6) is -0.533. The van der Waals surface area contributed by atoms with Gasteiger partial charge in [-0.3, -0.25) is 4.79 Å². The number of benzene rings is 1. The van der Waals surface area contributed by atoms with E-state index in [4.69, 9.17) is 21.4 Å². The maximum absolute atomic E-state index is 11.9. The summed E-state index contributed by atoms with van der Waals surface area (Å²) in [6.07, 6.45) is 0. The number of amides is 2. The Morgan fingerprint density at radius 1 is 1.47 bits per heavy atom. The molecule has 0 heterocycles. The highest BCUT2D eigenvalue weighted by molar-refractivity contribution is 6.33. The Hall–Kier alpha value is -1.95. The standard InChI is InChI=1S/C12H15ClN2O4/c1-3-15(7-11(16)17)12(18)14-10-6-8(19-2)4-5-9(10)13/h4-6H,3,7H2,1-2H3,(H,14,18)(H,16,17). The number of nitrogens with zero attached hydrogens (tertiary/aromatic N) is 1. The van der Waals surface area contributed by atoms with E-state index < -0.39 is 12.0 Å². The van der Waals surface area contributed by atoms with Gasteiger partial charge in [0.05, 0.1) is 17.8 Å². The van der Waals surface area contributed by atoms with E-state index in [0.29, 0.717) is 16.5 Å². The highest BCUT2D eigenvalue weighted by Crippen LogP contribution is 2.26. The molecule has 0 aliphatic carbocycles. The lowest BCUT2D eigenvalue weighted by atomic mass is 10.3. The number of rotatable bonds is 5. The molecule has 0 aliphatic heterocycles. The first-order chi connectivity index (χ1) is 8.97. The number of ether oxygens (including phenoxy) is 1. The number of anilines is 1. The zero-order valence-electron chi connectivity index (χ0n) is 10.6. The molecule has 0 bridgehead atoms. The lowest BCUT2D eigenvalue weighted by molar-refractivity contribution is -0.137. The number of carbonyl (C=O) groups is 2. The van der Waals surface area contributed by atoms with Crippen molar-refractivity contribution in [3.63, 3.8) is 0 Å². The Bertz CT molecular complexity index is 479. The molecule has 0 radical (unpaired) electrons. The number of hydrogen-bond acceptors (Lipinski definition) is 3. The summed E-state index contributed by atoms with van der Waals surface area (Å²) in [6, 6.07) is 4.28. The number of carboxylic acid groups (broad SMARTS) is 1. The van der Waals surface area contributed by atoms with Gasteiger partial charge >= 0.3 is 12.0 Å². The fourth-order valence-electron chi connectivity index (χ4n) is 1.41. The molecule has 1 aromatic carbocycles. The normalized spacial score (nSPS) is 9.84. The second-order valence-corrected chi connectivity index (χ2v) is 4.09. The van der Waals surface area contributed by atoms with E-state index in [1.165, 1.54) is 7.11 Å². The molecule has 19 heavy (non-hydrogen) atoms. The first-order valence-electron chi connectivity index (χ1n) is 5.59. The van der Waals surface area contributed by atoms with Gasteiger partial charge in [-0.1, -0.05) is 11.6 Å². The number of aliphatic carboxylic acids is 1. The number of carbonyl (C=O) groups excluding carboxylic acids is 1. The highest BCUT2D eigenvalue weighted by Gasteiger charge is 2.16. The van der Waals surface area contributed by atoms with Crippen LogP contribution < -0.4 is 10.1 Å². The molecule has 1 rings (SSSR count). The first kappa shape index (κ1) is 15.1. The van der Waals surface area contributed by atoms with Crippen molar-refractivity contribution >= 4 is 29.3 Å². The first-order valence-corrected chi connectivity index (χ1v) is 5.97. The van der Waals surface area contributed by atoms with Crippen molar-refractivity contribution in [1.29, 1.82) is 0 Å². The van der Waals surface area contributed by atoms with E-state index >= 15 is 0 Å². The topological polar surface area (TPSA) is 78.9 Å². The SMILES string of the molecule is CCN(CC(=O)O)C(=O)Nc1cc(OC)ccc1Cl. The van der Waals surface area contributed by atoms with Crippen LogP contribution in [0.4, 0.5) is 10.5 Å². The van der Waals surface area contributed by atoms with Gasteiger partial charge in [0.2, 0.25) is 0 Å². The lowest BCUT2D eigenvalue weighted by Gasteiger charge is -2.19. The van der Waals surface area contributed by atoms with Crippen LogP contribution in [0.2, 0.25) is 5.02 Å². The second kappa shape index (κ2) is 6.84. The molecule has 0 spiro atoms. The van der Waals surface area contributed by atoms with Crippen LogP contribution in [0.1, 0.15) is 6.92 Å². The Morgan fingerprint density at radius 2 is 2.16 bits per heavy atom. The minimum atomic E-state index is -1.08. The van der Waals surface area contributed by atoms with Gasteiger partial charge in [0.1, 0.15) is 12.3 Å². The minimum absolute atomic E-state index is 0.278. The number of likely N-dealkylation sites (N-methyl/N-ethyl adjacent to an activating group) is 1. The van der Waals surface area contributed by atoms with Crippen molar-refractivity contribution in [1.82, 2.24) is 4.90 Å². The molecule has 0 atom stereocenters. The van der Waals surface area contributed by atoms with E-state index in [-0.39, 0.29) is 13.1 Å². The molecule has 104 valence electrons. The number of urea groups is 1. The Morgan fingerprint density at radius 3 is 2.68 bits per heavy atom. The van der Waals surface area contributed by atoms with Gasteiger partial charge in [0, 0.05) is 12.6 Å². The molecule has 6 nitrogen and oxygen atoms in total. The summed E-state index contributed by atoms with van der Waals surface area (Å²) in [4.78, 5) is 23.7. The molecule has 0 fully saturated rings. The summed E-state index contributed by atoms with van der Waals surface area (Å²) < 4.78 is 5.03. The fourth-order valence-corrected chi connectivity index (χ4v) is 1.58. The van der Waals surface area contributed by atoms with Crippen molar-refractivity contribution in [2.75, 3.05) is 25.5 Å². The van der Waals surface area contributed by atoms with Gasteiger partial charge in [-0.2, -0.15) is 0 Å². The molecular formula is C12H15ClN2O4. The predicted octanol–water partition coefficient (Wildman–Crippen LogP) is 2.29. The molecule has 0 aromatic heterocycles. The fraction of sp³-hybridized carbons (Fsp3) is 0.333. The van der Waals surface area contributed by atoms with Crippen LogP contribution in [0.3, 0.4) is 0 Å². The third kappa shape index (κ3) is 4.33. The molecular weight excluding hydrogens is 272 g/mol. The summed E-state index contributed by atoms with van der Waals surface area (Å²) in [7, 11) is 1.50. The van der Waals surface area contributed by atoms with Gasteiger partial charge in [-0.25, -0.2) is 4.79 Å². The summed E-state index contributed by atoms with van der Waals surface area (Å²) in [6.45, 7) is 1.60. The minimum Gasteiger partial charge on any atom is -0.497 e. The number of hydrogen-bond donors (Lipinski definition) is 2. The average molecular weight is 287 g/mol. The van der Waals surface area contributed by atoms with Crippen LogP contribution in [-0.2, 0) is 4.79 Å². The third-order valence-corrected chi connectivity index (χ3v) is 2.74. The van der Waals surface area contributed by atoms with Crippen molar-refractivity contribution in [2.24, 2.45) is 0 Å². The van der Waals surface area contributed by atoms with Gasteiger partial charge < -0.3 is 20.1 Å². The van der Waals surface area contributed by atoms with Gasteiger partial charge in [-0.05, 0) is 19.1 Å². The number of methoxy groups -OCH3 is 1. The summed E-state index contributed by atoms with van der Waals surface area (Å²) in [5, 5.41) is 11.6. The molecule has 0 unspecified atom stereocenters. The van der Waals surface area contributed by atoms with E-state index in [1.807, 2.05) is 0 Å². The lowest BCUT2D eigenvalue weighted by Crippen LogP contribution is -2.38. The van der Waals surface area contributed by atoms with Crippen LogP contribution in [0.5, 0.6) is 5.75 Å². The number of carboxylic acids is 1. The van der Waals surface area contributed by atoms with Crippen molar-refractivity contribution in [3.8, 4) is 5.75 Å². The Labute approximate surface area is 115 Å². The van der Waals surface area contributed by atoms with E-state index in [9.17, 15) is 9.59 Å². The predicted molar refractivity (Wildman–Crippen MR) is 71.9 cm³/mol. The second-order valence-electron chi connectivity index (χ2n) is 3.68. The van der Waals surface area contributed by atoms with Crippen LogP contribution in [0.15, 0.2) is 18.2 Å². The van der Waals surface area contributed by atoms with E-state index in [1.54, 1.807) is 25.1 Å². The number of halogens is 1. The van der Waals surface area contributed by atoms with Gasteiger partial charge in [0.25, 0.3) is 0 Å². The monoisotopic (exact) mass is 286 g/mol. The molecule has 7 heteroatoms. The third-order valence-electron chi connectivity index (χ3n) is 2.41. The Balaban J connectivity index is 2.82. The smallest absolute Gasteiger partial charge is 0.323 e. The van der Waals surface area contributed by atoms with Gasteiger partial charge in [0.15, 0.2) is 0 Å². The zero-order chi connectivity index (χ0) is 14.4. The largest absolute Gasteiger partial charge is 0.497 e. The quantitative estimate of drug-likeness (QED) is 0.870. The van der Waals surface area contributed by atoms with Crippen LogP contribution >= 0.6 is 11.6 Å².